The molecule has 1 aliphatic rings. The Morgan fingerprint density at radius 2 is 2.40 bits per heavy atom. The third-order valence-electron chi connectivity index (χ3n) is 2.86. The molecule has 1 aromatic rings. The van der Waals surface area contributed by atoms with Gasteiger partial charge in [0.2, 0.25) is 0 Å². The Balaban J connectivity index is 1.88. The molecule has 4 nitrogen and oxygen atoms in total. The third-order valence-corrected chi connectivity index (χ3v) is 2.86. The van der Waals surface area contributed by atoms with Crippen LogP contribution >= 0.6 is 0 Å². The van der Waals surface area contributed by atoms with Gasteiger partial charge in [0.25, 0.3) is 0 Å². The highest BCUT2D eigenvalue weighted by Crippen LogP contribution is 2.28. The molecule has 0 aliphatic heterocycles. The first-order chi connectivity index (χ1) is 7.29. The van der Waals surface area contributed by atoms with Gasteiger partial charge in [-0.05, 0) is 32.4 Å². The summed E-state index contributed by atoms with van der Waals surface area (Å²) in [4.78, 5) is 2.53. The van der Waals surface area contributed by atoms with E-state index >= 15 is 0 Å². The molecule has 0 bridgehead atoms. The molecule has 0 unspecified atom stereocenters. The first-order valence-corrected chi connectivity index (χ1v) is 5.71. The smallest absolute Gasteiger partial charge is 0.0534 e. The van der Waals surface area contributed by atoms with Crippen LogP contribution in [-0.2, 0) is 13.6 Å². The molecule has 84 valence electrons. The molecule has 2 N–H and O–H groups in total. The quantitative estimate of drug-likeness (QED) is 0.750. The second kappa shape index (κ2) is 4.77. The fourth-order valence-corrected chi connectivity index (χ4v) is 1.91. The monoisotopic (exact) mass is 208 g/mol. The van der Waals surface area contributed by atoms with Crippen molar-refractivity contribution < 1.29 is 0 Å². The normalized spacial score (nSPS) is 16.2. The summed E-state index contributed by atoms with van der Waals surface area (Å²) in [6, 6.07) is 0.803. The van der Waals surface area contributed by atoms with Gasteiger partial charge >= 0.3 is 0 Å². The van der Waals surface area contributed by atoms with Crippen molar-refractivity contribution in [2.24, 2.45) is 12.8 Å². The summed E-state index contributed by atoms with van der Waals surface area (Å²) in [5.74, 6) is 0. The number of rotatable bonds is 6. The van der Waals surface area contributed by atoms with Gasteiger partial charge in [0.05, 0.1) is 6.20 Å². The van der Waals surface area contributed by atoms with Gasteiger partial charge in [0.15, 0.2) is 0 Å². The summed E-state index contributed by atoms with van der Waals surface area (Å²) in [6.07, 6.45) is 7.85. The maximum Gasteiger partial charge on any atom is 0.0534 e. The Kier molecular flexibility index (Phi) is 3.38. The van der Waals surface area contributed by atoms with E-state index in [2.05, 4.69) is 16.2 Å². The Morgan fingerprint density at radius 1 is 1.60 bits per heavy atom. The van der Waals surface area contributed by atoms with E-state index < -0.39 is 0 Å². The van der Waals surface area contributed by atoms with Crippen molar-refractivity contribution in [1.29, 1.82) is 0 Å². The third kappa shape index (κ3) is 3.04. The second-order valence-electron chi connectivity index (χ2n) is 4.37. The minimum Gasteiger partial charge on any atom is -0.330 e. The average molecular weight is 208 g/mol. The van der Waals surface area contributed by atoms with Crippen LogP contribution in [0.5, 0.6) is 0 Å². The van der Waals surface area contributed by atoms with Gasteiger partial charge in [-0.2, -0.15) is 5.10 Å². The predicted octanol–water partition coefficient (Wildman–Crippen LogP) is 0.733. The van der Waals surface area contributed by atoms with E-state index in [9.17, 15) is 0 Å². The molecule has 1 heterocycles. The number of aryl methyl sites for hydroxylation is 1. The largest absolute Gasteiger partial charge is 0.330 e. The lowest BCUT2D eigenvalue weighted by Crippen LogP contribution is -2.27. The fraction of sp³-hybridized carbons (Fsp3) is 0.727. The molecule has 1 fully saturated rings. The molecular weight excluding hydrogens is 188 g/mol. The van der Waals surface area contributed by atoms with Crippen LogP contribution in [0, 0.1) is 0 Å². The zero-order valence-electron chi connectivity index (χ0n) is 9.39. The van der Waals surface area contributed by atoms with Crippen LogP contribution in [0.2, 0.25) is 0 Å². The van der Waals surface area contributed by atoms with Crippen LogP contribution in [0.15, 0.2) is 12.4 Å². The van der Waals surface area contributed by atoms with Gasteiger partial charge < -0.3 is 5.73 Å². The van der Waals surface area contributed by atoms with Crippen LogP contribution in [-0.4, -0.2) is 33.8 Å². The Hall–Kier alpha value is -0.870. The highest BCUT2D eigenvalue weighted by atomic mass is 15.2. The topological polar surface area (TPSA) is 47.1 Å². The number of hydrogen-bond acceptors (Lipinski definition) is 3. The lowest BCUT2D eigenvalue weighted by Gasteiger charge is -2.20. The maximum atomic E-state index is 5.55. The van der Waals surface area contributed by atoms with Crippen LogP contribution in [0.1, 0.15) is 24.8 Å². The lowest BCUT2D eigenvalue weighted by molar-refractivity contribution is 0.253. The fourth-order valence-electron chi connectivity index (χ4n) is 1.91. The van der Waals surface area contributed by atoms with Crippen LogP contribution < -0.4 is 5.73 Å². The summed E-state index contributed by atoms with van der Waals surface area (Å²) in [6.45, 7) is 2.94. The highest BCUT2D eigenvalue weighted by molar-refractivity contribution is 5.04. The molecule has 0 spiro atoms. The molecule has 0 atom stereocenters. The summed E-state index contributed by atoms with van der Waals surface area (Å²) in [7, 11) is 1.96. The van der Waals surface area contributed by atoms with Crippen LogP contribution in [0.3, 0.4) is 0 Å². The van der Waals surface area contributed by atoms with Gasteiger partial charge in [-0.3, -0.25) is 9.58 Å². The SMILES string of the molecule is Cn1cc(CN(CCCN)C2CC2)cn1. The molecule has 0 saturated heterocycles. The Bertz CT molecular complexity index is 303. The average Bonchev–Trinajstić information content (AvgIpc) is 2.98. The molecule has 1 saturated carbocycles. The van der Waals surface area contributed by atoms with E-state index in [1.54, 1.807) is 0 Å². The van der Waals surface area contributed by atoms with Crippen molar-refractivity contribution in [3.63, 3.8) is 0 Å². The number of nitrogens with zero attached hydrogens (tertiary/aromatic N) is 3. The van der Waals surface area contributed by atoms with E-state index in [4.69, 9.17) is 5.73 Å². The molecule has 0 amide bonds. The summed E-state index contributed by atoms with van der Waals surface area (Å²) < 4.78 is 1.86. The molecule has 2 rings (SSSR count). The van der Waals surface area contributed by atoms with Crippen molar-refractivity contribution in [3.8, 4) is 0 Å². The van der Waals surface area contributed by atoms with Crippen molar-refractivity contribution in [2.75, 3.05) is 13.1 Å². The van der Waals surface area contributed by atoms with Gasteiger partial charge in [-0.25, -0.2) is 0 Å². The van der Waals surface area contributed by atoms with Crippen molar-refractivity contribution in [2.45, 2.75) is 31.8 Å². The summed E-state index contributed by atoms with van der Waals surface area (Å²) in [5.41, 5.74) is 6.86. The summed E-state index contributed by atoms with van der Waals surface area (Å²) in [5, 5.41) is 4.20. The van der Waals surface area contributed by atoms with Gasteiger partial charge in [-0.15, -0.1) is 0 Å². The van der Waals surface area contributed by atoms with E-state index in [1.165, 1.54) is 18.4 Å². The molecular formula is C11H20N4. The molecule has 0 aromatic carbocycles. The minimum absolute atomic E-state index is 0.788. The molecule has 0 radical (unpaired) electrons. The Labute approximate surface area is 91.1 Å². The number of nitrogens with two attached hydrogens (primary N) is 1. The van der Waals surface area contributed by atoms with E-state index in [0.717, 1.165) is 32.1 Å². The molecule has 1 aliphatic carbocycles. The van der Waals surface area contributed by atoms with E-state index in [0.29, 0.717) is 0 Å². The van der Waals surface area contributed by atoms with Crippen molar-refractivity contribution in [1.82, 2.24) is 14.7 Å². The molecule has 1 aromatic heterocycles. The standard InChI is InChI=1S/C11H20N4/c1-14-8-10(7-13-14)9-15(6-2-5-12)11-3-4-11/h7-8,11H,2-6,9,12H2,1H3. The maximum absolute atomic E-state index is 5.55. The zero-order valence-corrected chi connectivity index (χ0v) is 9.39. The van der Waals surface area contributed by atoms with Gasteiger partial charge in [0, 0.05) is 31.4 Å². The Morgan fingerprint density at radius 3 is 2.93 bits per heavy atom. The molecule has 15 heavy (non-hydrogen) atoms. The lowest BCUT2D eigenvalue weighted by atomic mass is 10.3. The first kappa shape index (κ1) is 10.6. The summed E-state index contributed by atoms with van der Waals surface area (Å²) >= 11 is 0. The van der Waals surface area contributed by atoms with Crippen molar-refractivity contribution >= 4 is 0 Å². The van der Waals surface area contributed by atoms with Crippen LogP contribution in [0.25, 0.3) is 0 Å². The van der Waals surface area contributed by atoms with Gasteiger partial charge in [0.1, 0.15) is 0 Å². The van der Waals surface area contributed by atoms with E-state index in [1.807, 2.05) is 17.9 Å². The van der Waals surface area contributed by atoms with E-state index in [-0.39, 0.29) is 0 Å². The zero-order chi connectivity index (χ0) is 10.7. The predicted molar refractivity (Wildman–Crippen MR) is 60.3 cm³/mol. The van der Waals surface area contributed by atoms with Crippen molar-refractivity contribution in [3.05, 3.63) is 18.0 Å². The minimum atomic E-state index is 0.788. The highest BCUT2D eigenvalue weighted by Gasteiger charge is 2.28. The number of hydrogen-bond donors (Lipinski definition) is 1. The first-order valence-electron chi connectivity index (χ1n) is 5.71. The van der Waals surface area contributed by atoms with Crippen LogP contribution in [0.4, 0.5) is 0 Å². The second-order valence-corrected chi connectivity index (χ2v) is 4.37. The molecule has 4 heteroatoms. The number of aromatic nitrogens is 2. The van der Waals surface area contributed by atoms with Gasteiger partial charge in [-0.1, -0.05) is 0 Å².